The van der Waals surface area contributed by atoms with E-state index in [1.807, 2.05) is 72.8 Å². The molecule has 0 saturated carbocycles. The van der Waals surface area contributed by atoms with Gasteiger partial charge in [-0.3, -0.25) is 4.79 Å². The van der Waals surface area contributed by atoms with Crippen LogP contribution < -0.4 is 14.8 Å². The van der Waals surface area contributed by atoms with Crippen LogP contribution in [0.5, 0.6) is 11.5 Å². The van der Waals surface area contributed by atoms with E-state index >= 15 is 0 Å². The molecule has 5 heteroatoms. The Morgan fingerprint density at radius 2 is 1.71 bits per heavy atom. The summed E-state index contributed by atoms with van der Waals surface area (Å²) in [5, 5.41) is 4.30. The van der Waals surface area contributed by atoms with Crippen molar-refractivity contribution in [2.75, 3.05) is 12.1 Å². The van der Waals surface area contributed by atoms with Crippen LogP contribution >= 0.6 is 0 Å². The summed E-state index contributed by atoms with van der Waals surface area (Å²) in [5.41, 5.74) is 3.31. The van der Waals surface area contributed by atoms with E-state index in [0.29, 0.717) is 17.1 Å². The molecular formula is C23H18N2O3. The fraction of sp³-hybridized carbons (Fsp3) is 0.0870. The second kappa shape index (κ2) is 6.78. The molecule has 4 aromatic rings. The molecular weight excluding hydrogens is 352 g/mol. The maximum Gasteiger partial charge on any atom is 0.231 e. The van der Waals surface area contributed by atoms with Crippen LogP contribution in [0, 0.1) is 0 Å². The lowest BCUT2D eigenvalue weighted by atomic mass is 9.96. The molecule has 138 valence electrons. The quantitative estimate of drug-likeness (QED) is 0.489. The lowest BCUT2D eigenvalue weighted by Gasteiger charge is -2.19. The monoisotopic (exact) mass is 370 g/mol. The molecule has 1 unspecified atom stereocenters. The predicted octanol–water partition coefficient (Wildman–Crippen LogP) is 4.93. The number of carbonyl (C=O) groups is 1. The summed E-state index contributed by atoms with van der Waals surface area (Å²) in [6.07, 6.45) is 1.78. The van der Waals surface area contributed by atoms with Gasteiger partial charge in [0.05, 0.1) is 0 Å². The first-order chi connectivity index (χ1) is 13.8. The normalized spacial score (nSPS) is 13.4. The number of para-hydroxylation sites is 1. The molecule has 3 aromatic carbocycles. The van der Waals surface area contributed by atoms with Crippen molar-refractivity contribution in [1.82, 2.24) is 4.98 Å². The number of aromatic amines is 1. The van der Waals surface area contributed by atoms with E-state index in [-0.39, 0.29) is 12.6 Å². The summed E-state index contributed by atoms with van der Waals surface area (Å²) in [6, 6.07) is 22.6. The minimum atomic E-state index is -0.527. The largest absolute Gasteiger partial charge is 0.454 e. The second-order valence-corrected chi connectivity index (χ2v) is 6.67. The highest BCUT2D eigenvalue weighted by atomic mass is 16.7. The minimum absolute atomic E-state index is 0.00122. The number of H-pyrrole nitrogens is 1. The molecule has 0 fully saturated rings. The Balaban J connectivity index is 1.54. The lowest BCUT2D eigenvalue weighted by Crippen LogP contribution is -2.21. The highest BCUT2D eigenvalue weighted by Gasteiger charge is 2.25. The van der Waals surface area contributed by atoms with E-state index in [4.69, 9.17) is 9.47 Å². The van der Waals surface area contributed by atoms with Gasteiger partial charge in [-0.1, -0.05) is 48.5 Å². The standard InChI is InChI=1S/C23H18N2O3/c26-23(18-13-24-19-9-5-4-8-17(18)19)22(15-6-2-1-3-7-15)25-16-10-11-20-21(12-16)28-14-27-20/h1-13,22,24-25H,14H2. The van der Waals surface area contributed by atoms with Gasteiger partial charge in [-0.15, -0.1) is 0 Å². The van der Waals surface area contributed by atoms with Gasteiger partial charge in [0.2, 0.25) is 6.79 Å². The fourth-order valence-corrected chi connectivity index (χ4v) is 3.53. The molecule has 0 radical (unpaired) electrons. The van der Waals surface area contributed by atoms with Crippen molar-refractivity contribution in [3.63, 3.8) is 0 Å². The van der Waals surface area contributed by atoms with E-state index < -0.39 is 6.04 Å². The number of ketones is 1. The summed E-state index contributed by atoms with van der Waals surface area (Å²) in [4.78, 5) is 16.7. The topological polar surface area (TPSA) is 63.4 Å². The van der Waals surface area contributed by atoms with Crippen molar-refractivity contribution in [3.05, 3.63) is 90.1 Å². The van der Waals surface area contributed by atoms with Gasteiger partial charge in [0.25, 0.3) is 0 Å². The third-order valence-corrected chi connectivity index (χ3v) is 4.93. The SMILES string of the molecule is O=C(c1c[nH]c2ccccc12)C(Nc1ccc2c(c1)OCO2)c1ccccc1. The van der Waals surface area contributed by atoms with Crippen LogP contribution in [-0.4, -0.2) is 17.6 Å². The Labute approximate surface area is 161 Å². The number of nitrogens with one attached hydrogen (secondary N) is 2. The van der Waals surface area contributed by atoms with Gasteiger partial charge in [-0.25, -0.2) is 0 Å². The van der Waals surface area contributed by atoms with E-state index in [1.54, 1.807) is 6.20 Å². The number of benzene rings is 3. The summed E-state index contributed by atoms with van der Waals surface area (Å²) in [7, 11) is 0. The van der Waals surface area contributed by atoms with Crippen LogP contribution in [0.1, 0.15) is 22.0 Å². The molecule has 28 heavy (non-hydrogen) atoms. The Kier molecular flexibility index (Phi) is 3.98. The maximum absolute atomic E-state index is 13.5. The lowest BCUT2D eigenvalue weighted by molar-refractivity contribution is 0.0971. The van der Waals surface area contributed by atoms with Crippen molar-refractivity contribution in [3.8, 4) is 11.5 Å². The van der Waals surface area contributed by atoms with Crippen molar-refractivity contribution in [2.45, 2.75) is 6.04 Å². The van der Waals surface area contributed by atoms with E-state index in [2.05, 4.69) is 10.3 Å². The van der Waals surface area contributed by atoms with Gasteiger partial charge in [-0.2, -0.15) is 0 Å². The third kappa shape index (κ3) is 2.87. The van der Waals surface area contributed by atoms with Crippen LogP contribution in [0.15, 0.2) is 79.0 Å². The number of carbonyl (C=O) groups excluding carboxylic acids is 1. The summed E-state index contributed by atoms with van der Waals surface area (Å²) < 4.78 is 10.8. The number of aromatic nitrogens is 1. The molecule has 0 spiro atoms. The van der Waals surface area contributed by atoms with Crippen LogP contribution in [0.4, 0.5) is 5.69 Å². The zero-order chi connectivity index (χ0) is 18.9. The number of Topliss-reactive ketones (excluding diaryl/α,β-unsaturated/α-hetero) is 1. The average molecular weight is 370 g/mol. The molecule has 1 aliphatic rings. The van der Waals surface area contributed by atoms with Crippen LogP contribution in [-0.2, 0) is 0 Å². The number of hydrogen-bond acceptors (Lipinski definition) is 4. The molecule has 5 nitrogen and oxygen atoms in total. The smallest absolute Gasteiger partial charge is 0.231 e. The predicted molar refractivity (Wildman–Crippen MR) is 108 cm³/mol. The van der Waals surface area contributed by atoms with Gasteiger partial charge >= 0.3 is 0 Å². The zero-order valence-corrected chi connectivity index (χ0v) is 15.0. The first-order valence-electron chi connectivity index (χ1n) is 9.11. The second-order valence-electron chi connectivity index (χ2n) is 6.67. The molecule has 0 amide bonds. The first-order valence-corrected chi connectivity index (χ1v) is 9.11. The number of ether oxygens (including phenoxy) is 2. The van der Waals surface area contributed by atoms with Crippen LogP contribution in [0.25, 0.3) is 10.9 Å². The van der Waals surface area contributed by atoms with E-state index in [1.165, 1.54) is 0 Å². The Hall–Kier alpha value is -3.73. The Morgan fingerprint density at radius 1 is 0.929 bits per heavy atom. The van der Waals surface area contributed by atoms with Crippen molar-refractivity contribution in [2.24, 2.45) is 0 Å². The summed E-state index contributed by atoms with van der Waals surface area (Å²) in [5.74, 6) is 1.39. The van der Waals surface area contributed by atoms with Gasteiger partial charge in [0, 0.05) is 34.4 Å². The van der Waals surface area contributed by atoms with E-state index in [9.17, 15) is 4.79 Å². The van der Waals surface area contributed by atoms with Crippen molar-refractivity contribution in [1.29, 1.82) is 0 Å². The van der Waals surface area contributed by atoms with Crippen LogP contribution in [0.2, 0.25) is 0 Å². The molecule has 2 heterocycles. The summed E-state index contributed by atoms with van der Waals surface area (Å²) >= 11 is 0. The molecule has 1 aromatic heterocycles. The maximum atomic E-state index is 13.5. The molecule has 5 rings (SSSR count). The Bertz CT molecular complexity index is 1150. The first kappa shape index (κ1) is 16.4. The molecule has 2 N–H and O–H groups in total. The zero-order valence-electron chi connectivity index (χ0n) is 15.0. The third-order valence-electron chi connectivity index (χ3n) is 4.93. The van der Waals surface area contributed by atoms with Gasteiger partial charge < -0.3 is 19.8 Å². The molecule has 0 bridgehead atoms. The minimum Gasteiger partial charge on any atom is -0.454 e. The summed E-state index contributed by atoms with van der Waals surface area (Å²) in [6.45, 7) is 0.217. The number of rotatable bonds is 5. The van der Waals surface area contributed by atoms with Gasteiger partial charge in [-0.05, 0) is 23.8 Å². The average Bonchev–Trinajstić information content (AvgIpc) is 3.38. The molecule has 1 aliphatic heterocycles. The fourth-order valence-electron chi connectivity index (χ4n) is 3.53. The number of anilines is 1. The number of hydrogen-bond donors (Lipinski definition) is 2. The molecule has 0 aliphatic carbocycles. The highest BCUT2D eigenvalue weighted by Crippen LogP contribution is 2.36. The van der Waals surface area contributed by atoms with E-state index in [0.717, 1.165) is 22.2 Å². The van der Waals surface area contributed by atoms with Crippen molar-refractivity contribution >= 4 is 22.4 Å². The van der Waals surface area contributed by atoms with Crippen molar-refractivity contribution < 1.29 is 14.3 Å². The van der Waals surface area contributed by atoms with Crippen LogP contribution in [0.3, 0.4) is 0 Å². The molecule has 0 saturated heterocycles. The Morgan fingerprint density at radius 3 is 2.61 bits per heavy atom. The molecule has 1 atom stereocenters. The van der Waals surface area contributed by atoms with Gasteiger partial charge in [0.1, 0.15) is 6.04 Å². The number of fused-ring (bicyclic) bond motifs is 2. The van der Waals surface area contributed by atoms with Gasteiger partial charge in [0.15, 0.2) is 17.3 Å². The highest BCUT2D eigenvalue weighted by molar-refractivity contribution is 6.11.